The van der Waals surface area contributed by atoms with E-state index in [2.05, 4.69) is 48.0 Å². The molecule has 0 saturated carbocycles. The molecule has 27 heavy (non-hydrogen) atoms. The molecule has 3 heterocycles. The van der Waals surface area contributed by atoms with Crippen molar-refractivity contribution in [3.63, 3.8) is 0 Å². The van der Waals surface area contributed by atoms with Crippen LogP contribution in [-0.2, 0) is 11.2 Å². The lowest BCUT2D eigenvalue weighted by atomic mass is 10.1. The molecule has 3 aromatic rings. The maximum Gasteiger partial charge on any atom is 0.223 e. The molecule has 0 bridgehead atoms. The van der Waals surface area contributed by atoms with Gasteiger partial charge in [0.15, 0.2) is 0 Å². The minimum Gasteiger partial charge on any atom is -0.367 e. The third kappa shape index (κ3) is 3.68. The molecule has 2 aromatic heterocycles. The van der Waals surface area contributed by atoms with Gasteiger partial charge in [-0.3, -0.25) is 4.79 Å². The number of anilines is 1. The molecule has 1 aliphatic heterocycles. The molecule has 1 amide bonds. The van der Waals surface area contributed by atoms with Gasteiger partial charge in [0, 0.05) is 50.2 Å². The molecule has 0 aliphatic carbocycles. The minimum absolute atomic E-state index is 0.215. The van der Waals surface area contributed by atoms with Gasteiger partial charge in [-0.25, -0.2) is 4.98 Å². The predicted octanol–water partition coefficient (Wildman–Crippen LogP) is 3.31. The van der Waals surface area contributed by atoms with E-state index in [1.54, 1.807) is 0 Å². The average Bonchev–Trinajstić information content (AvgIpc) is 3.09. The van der Waals surface area contributed by atoms with Gasteiger partial charge < -0.3 is 14.2 Å². The number of benzene rings is 1. The summed E-state index contributed by atoms with van der Waals surface area (Å²) in [6.45, 7) is 6.83. The maximum absolute atomic E-state index is 12.8. The number of fused-ring (bicyclic) bond motifs is 1. The van der Waals surface area contributed by atoms with Gasteiger partial charge in [0.25, 0.3) is 0 Å². The number of amides is 1. The highest BCUT2D eigenvalue weighted by atomic mass is 16.2. The number of carbonyl (C=O) groups is 1. The molecule has 1 aliphatic rings. The maximum atomic E-state index is 12.8. The quantitative estimate of drug-likeness (QED) is 0.715. The van der Waals surface area contributed by atoms with Crippen molar-refractivity contribution >= 4 is 17.2 Å². The van der Waals surface area contributed by atoms with Gasteiger partial charge in [-0.15, -0.1) is 0 Å². The van der Waals surface area contributed by atoms with Gasteiger partial charge in [-0.05, 0) is 44.0 Å². The van der Waals surface area contributed by atoms with E-state index in [1.165, 1.54) is 11.3 Å². The molecule has 1 saturated heterocycles. The fraction of sp³-hybridized carbons (Fsp3) is 0.364. The summed E-state index contributed by atoms with van der Waals surface area (Å²) in [5, 5.41) is 0. The summed E-state index contributed by atoms with van der Waals surface area (Å²) in [5.74, 6) is 0.226. The van der Waals surface area contributed by atoms with Crippen molar-refractivity contribution in [3.05, 3.63) is 66.1 Å². The van der Waals surface area contributed by atoms with Gasteiger partial charge in [-0.2, -0.15) is 0 Å². The number of aryl methyl sites for hydroxylation is 2. The zero-order valence-corrected chi connectivity index (χ0v) is 16.0. The summed E-state index contributed by atoms with van der Waals surface area (Å²) >= 11 is 0. The van der Waals surface area contributed by atoms with E-state index in [-0.39, 0.29) is 11.9 Å². The van der Waals surface area contributed by atoms with Crippen LogP contribution >= 0.6 is 0 Å². The fourth-order valence-electron chi connectivity index (χ4n) is 3.95. The average molecular weight is 362 g/mol. The second-order valence-corrected chi connectivity index (χ2v) is 7.37. The Balaban J connectivity index is 1.36. The van der Waals surface area contributed by atoms with Crippen LogP contribution in [0.2, 0.25) is 0 Å². The van der Waals surface area contributed by atoms with Crippen molar-refractivity contribution in [3.8, 4) is 0 Å². The first-order chi connectivity index (χ1) is 13.1. The normalized spacial score (nSPS) is 17.5. The molecule has 4 rings (SSSR count). The van der Waals surface area contributed by atoms with Crippen LogP contribution in [0.1, 0.15) is 24.6 Å². The van der Waals surface area contributed by atoms with Crippen LogP contribution in [0.3, 0.4) is 0 Å². The van der Waals surface area contributed by atoms with Crippen LogP contribution in [-0.4, -0.2) is 45.9 Å². The lowest BCUT2D eigenvalue weighted by Gasteiger charge is -2.41. The van der Waals surface area contributed by atoms with Crippen molar-refractivity contribution in [2.45, 2.75) is 32.7 Å². The number of para-hydroxylation sites is 1. The minimum atomic E-state index is 0.215. The number of rotatable bonds is 4. The highest BCUT2D eigenvalue weighted by Crippen LogP contribution is 2.23. The van der Waals surface area contributed by atoms with Crippen LogP contribution < -0.4 is 4.90 Å². The Labute approximate surface area is 160 Å². The van der Waals surface area contributed by atoms with Crippen LogP contribution in [0.15, 0.2) is 54.9 Å². The van der Waals surface area contributed by atoms with Gasteiger partial charge in [0.2, 0.25) is 5.91 Å². The zero-order chi connectivity index (χ0) is 18.8. The monoisotopic (exact) mass is 362 g/mol. The Morgan fingerprint density at radius 2 is 1.96 bits per heavy atom. The standard InChI is InChI=1S/C22H26N4O/c1-17-7-3-4-8-20(17)24-13-14-26(18(2)15-24)22(27)11-10-19-16-25-12-6-5-9-21(25)23-19/h3-9,12,16,18H,10-11,13-15H2,1-2H3. The van der Waals surface area contributed by atoms with Crippen LogP contribution in [0, 0.1) is 6.92 Å². The van der Waals surface area contributed by atoms with Crippen molar-refractivity contribution in [1.82, 2.24) is 14.3 Å². The number of aromatic nitrogens is 2. The number of imidazole rings is 1. The number of carbonyl (C=O) groups excluding carboxylic acids is 1. The van der Waals surface area contributed by atoms with Gasteiger partial charge >= 0.3 is 0 Å². The number of hydrogen-bond donors (Lipinski definition) is 0. The van der Waals surface area contributed by atoms with E-state index >= 15 is 0 Å². The molecule has 1 fully saturated rings. The third-order valence-electron chi connectivity index (χ3n) is 5.41. The van der Waals surface area contributed by atoms with Crippen molar-refractivity contribution in [2.75, 3.05) is 24.5 Å². The fourth-order valence-corrected chi connectivity index (χ4v) is 3.95. The molecule has 5 nitrogen and oxygen atoms in total. The summed E-state index contributed by atoms with van der Waals surface area (Å²) in [6.07, 6.45) is 5.20. The largest absolute Gasteiger partial charge is 0.367 e. The highest BCUT2D eigenvalue weighted by Gasteiger charge is 2.27. The van der Waals surface area contributed by atoms with Gasteiger partial charge in [0.1, 0.15) is 5.65 Å². The summed E-state index contributed by atoms with van der Waals surface area (Å²) in [4.78, 5) is 21.8. The Morgan fingerprint density at radius 3 is 2.74 bits per heavy atom. The summed E-state index contributed by atoms with van der Waals surface area (Å²) in [7, 11) is 0. The van der Waals surface area contributed by atoms with Crippen LogP contribution in [0.25, 0.3) is 5.65 Å². The smallest absolute Gasteiger partial charge is 0.223 e. The Hall–Kier alpha value is -2.82. The first-order valence-corrected chi connectivity index (χ1v) is 9.64. The summed E-state index contributed by atoms with van der Waals surface area (Å²) in [6, 6.07) is 14.6. The third-order valence-corrected chi connectivity index (χ3v) is 5.41. The number of pyridine rings is 1. The van der Waals surface area contributed by atoms with E-state index in [0.717, 1.165) is 31.0 Å². The lowest BCUT2D eigenvalue weighted by Crippen LogP contribution is -2.54. The van der Waals surface area contributed by atoms with E-state index in [9.17, 15) is 4.79 Å². The molecular weight excluding hydrogens is 336 g/mol. The van der Waals surface area contributed by atoms with Gasteiger partial charge in [0.05, 0.1) is 5.69 Å². The van der Waals surface area contributed by atoms with Crippen LogP contribution in [0.4, 0.5) is 5.69 Å². The molecular formula is C22H26N4O. The van der Waals surface area contributed by atoms with Crippen LogP contribution in [0.5, 0.6) is 0 Å². The SMILES string of the molecule is Cc1ccccc1N1CCN(C(=O)CCc2cn3ccccc3n2)C(C)C1. The van der Waals surface area contributed by atoms with E-state index in [4.69, 9.17) is 0 Å². The first kappa shape index (κ1) is 17.6. The number of hydrogen-bond acceptors (Lipinski definition) is 3. The van der Waals surface area contributed by atoms with Crippen molar-refractivity contribution in [1.29, 1.82) is 0 Å². The van der Waals surface area contributed by atoms with E-state index < -0.39 is 0 Å². The Morgan fingerprint density at radius 1 is 1.15 bits per heavy atom. The molecule has 140 valence electrons. The molecule has 1 unspecified atom stereocenters. The molecule has 5 heteroatoms. The molecule has 0 N–H and O–H groups in total. The Bertz CT molecular complexity index is 915. The second kappa shape index (κ2) is 7.43. The highest BCUT2D eigenvalue weighted by molar-refractivity contribution is 5.77. The van der Waals surface area contributed by atoms with E-state index in [1.807, 2.05) is 39.9 Å². The lowest BCUT2D eigenvalue weighted by molar-refractivity contribution is -0.133. The van der Waals surface area contributed by atoms with Crippen molar-refractivity contribution < 1.29 is 4.79 Å². The zero-order valence-electron chi connectivity index (χ0n) is 16.0. The Kier molecular flexibility index (Phi) is 4.84. The second-order valence-electron chi connectivity index (χ2n) is 7.37. The van der Waals surface area contributed by atoms with Crippen molar-refractivity contribution in [2.24, 2.45) is 0 Å². The molecule has 1 aromatic carbocycles. The summed E-state index contributed by atoms with van der Waals surface area (Å²) < 4.78 is 2.00. The topological polar surface area (TPSA) is 40.9 Å². The first-order valence-electron chi connectivity index (χ1n) is 9.64. The van der Waals surface area contributed by atoms with E-state index in [0.29, 0.717) is 12.8 Å². The summed E-state index contributed by atoms with van der Waals surface area (Å²) in [5.41, 5.74) is 4.47. The molecule has 0 spiro atoms. The predicted molar refractivity (Wildman–Crippen MR) is 108 cm³/mol. The van der Waals surface area contributed by atoms with Gasteiger partial charge in [-0.1, -0.05) is 24.3 Å². The number of nitrogens with zero attached hydrogens (tertiary/aromatic N) is 4. The molecule has 1 atom stereocenters. The molecule has 0 radical (unpaired) electrons. The number of piperazine rings is 1.